The molecule has 0 aliphatic rings. The third-order valence-electron chi connectivity index (χ3n) is 3.01. The van der Waals surface area contributed by atoms with Crippen molar-refractivity contribution in [2.45, 2.75) is 6.92 Å². The second-order valence-corrected chi connectivity index (χ2v) is 5.64. The van der Waals surface area contributed by atoms with Crippen molar-refractivity contribution in [3.05, 3.63) is 64.3 Å². The van der Waals surface area contributed by atoms with Crippen molar-refractivity contribution < 1.29 is 9.90 Å². The Bertz CT molecular complexity index is 810. The first-order chi connectivity index (χ1) is 11.0. The molecule has 3 N–H and O–H groups in total. The lowest BCUT2D eigenvalue weighted by molar-refractivity contribution is -0.112. The lowest BCUT2D eigenvalue weighted by Gasteiger charge is -2.06. The number of nitrogens with one attached hydrogen (secondary N) is 2. The van der Waals surface area contributed by atoms with Gasteiger partial charge in [0.1, 0.15) is 17.4 Å². The average Bonchev–Trinajstić information content (AvgIpc) is 2.51. The zero-order valence-corrected chi connectivity index (χ0v) is 13.9. The molecule has 2 rings (SSSR count). The van der Waals surface area contributed by atoms with Crippen LogP contribution in [-0.4, -0.2) is 11.0 Å². The molecule has 0 heterocycles. The first-order valence-corrected chi connectivity index (χ1v) is 7.52. The van der Waals surface area contributed by atoms with E-state index in [1.54, 1.807) is 12.1 Å². The van der Waals surface area contributed by atoms with Crippen molar-refractivity contribution in [2.75, 3.05) is 10.6 Å². The predicted molar refractivity (Wildman–Crippen MR) is 92.9 cm³/mol. The third-order valence-corrected chi connectivity index (χ3v) is 3.90. The molecule has 0 aliphatic carbocycles. The minimum absolute atomic E-state index is 0.0359. The van der Waals surface area contributed by atoms with Gasteiger partial charge in [0.15, 0.2) is 0 Å². The Kier molecular flexibility index (Phi) is 5.39. The summed E-state index contributed by atoms with van der Waals surface area (Å²) in [6, 6.07) is 13.6. The highest BCUT2D eigenvalue weighted by molar-refractivity contribution is 9.10. The SMILES string of the molecule is Cc1cc(N/C=C(/C#N)C(=O)Nc2cccc(O)c2)ccc1Br. The highest BCUT2D eigenvalue weighted by atomic mass is 79.9. The van der Waals surface area contributed by atoms with Gasteiger partial charge in [0.2, 0.25) is 0 Å². The molecule has 0 fully saturated rings. The minimum Gasteiger partial charge on any atom is -0.508 e. The summed E-state index contributed by atoms with van der Waals surface area (Å²) in [5.41, 5.74) is 2.14. The van der Waals surface area contributed by atoms with Gasteiger partial charge in [0.05, 0.1) is 0 Å². The van der Waals surface area contributed by atoms with E-state index in [1.807, 2.05) is 31.2 Å². The van der Waals surface area contributed by atoms with Crippen molar-refractivity contribution >= 4 is 33.2 Å². The summed E-state index contributed by atoms with van der Waals surface area (Å²) < 4.78 is 0.981. The maximum Gasteiger partial charge on any atom is 0.267 e. The van der Waals surface area contributed by atoms with Crippen LogP contribution in [0, 0.1) is 18.3 Å². The summed E-state index contributed by atoms with van der Waals surface area (Å²) in [6.07, 6.45) is 1.35. The van der Waals surface area contributed by atoms with Crippen LogP contribution in [-0.2, 0) is 4.79 Å². The smallest absolute Gasteiger partial charge is 0.267 e. The monoisotopic (exact) mass is 371 g/mol. The normalized spacial score (nSPS) is 10.7. The number of phenols is 1. The number of nitrogens with zero attached hydrogens (tertiary/aromatic N) is 1. The fourth-order valence-corrected chi connectivity index (χ4v) is 2.07. The average molecular weight is 372 g/mol. The van der Waals surface area contributed by atoms with Crippen molar-refractivity contribution in [2.24, 2.45) is 0 Å². The molecule has 6 heteroatoms. The Balaban J connectivity index is 2.10. The quantitative estimate of drug-likeness (QED) is 0.561. The first kappa shape index (κ1) is 16.6. The second-order valence-electron chi connectivity index (χ2n) is 4.78. The van der Waals surface area contributed by atoms with Gasteiger partial charge in [-0.05, 0) is 42.8 Å². The first-order valence-electron chi connectivity index (χ1n) is 6.73. The largest absolute Gasteiger partial charge is 0.508 e. The van der Waals surface area contributed by atoms with Crippen LogP contribution in [0.25, 0.3) is 0 Å². The highest BCUT2D eigenvalue weighted by Gasteiger charge is 2.09. The third kappa shape index (κ3) is 4.59. The predicted octanol–water partition coefficient (Wildman–Crippen LogP) is 3.92. The van der Waals surface area contributed by atoms with Gasteiger partial charge in [-0.1, -0.05) is 22.0 Å². The topological polar surface area (TPSA) is 85.2 Å². The molecule has 5 nitrogen and oxygen atoms in total. The Hall–Kier alpha value is -2.78. The van der Waals surface area contributed by atoms with E-state index < -0.39 is 5.91 Å². The second kappa shape index (κ2) is 7.47. The van der Waals surface area contributed by atoms with E-state index in [9.17, 15) is 9.90 Å². The number of aryl methyl sites for hydroxylation is 1. The van der Waals surface area contributed by atoms with Crippen molar-refractivity contribution in [3.63, 3.8) is 0 Å². The molecule has 0 unspecified atom stereocenters. The van der Waals surface area contributed by atoms with Gasteiger partial charge >= 0.3 is 0 Å². The van der Waals surface area contributed by atoms with E-state index in [-0.39, 0.29) is 11.3 Å². The van der Waals surface area contributed by atoms with Gasteiger partial charge < -0.3 is 15.7 Å². The van der Waals surface area contributed by atoms with Crippen LogP contribution in [0.5, 0.6) is 5.75 Å². The van der Waals surface area contributed by atoms with Gasteiger partial charge in [-0.3, -0.25) is 4.79 Å². The van der Waals surface area contributed by atoms with Gasteiger partial charge in [-0.25, -0.2) is 0 Å². The summed E-state index contributed by atoms with van der Waals surface area (Å²) in [5, 5.41) is 24.0. The number of aromatic hydroxyl groups is 1. The highest BCUT2D eigenvalue weighted by Crippen LogP contribution is 2.20. The lowest BCUT2D eigenvalue weighted by Crippen LogP contribution is -2.14. The van der Waals surface area contributed by atoms with E-state index in [2.05, 4.69) is 26.6 Å². The number of hydrogen-bond acceptors (Lipinski definition) is 4. The molecule has 0 saturated heterocycles. The molecule has 2 aromatic carbocycles. The van der Waals surface area contributed by atoms with Crippen LogP contribution < -0.4 is 10.6 Å². The standard InChI is InChI=1S/C17H14BrN3O2/c1-11-7-13(5-6-16(11)18)20-10-12(9-19)17(23)21-14-3-2-4-15(22)8-14/h2-8,10,20,22H,1H3,(H,21,23)/b12-10-. The zero-order valence-electron chi connectivity index (χ0n) is 12.3. The Morgan fingerprint density at radius 3 is 2.70 bits per heavy atom. The van der Waals surface area contributed by atoms with Gasteiger partial charge in [-0.15, -0.1) is 0 Å². The van der Waals surface area contributed by atoms with Crippen LogP contribution in [0.4, 0.5) is 11.4 Å². The molecule has 23 heavy (non-hydrogen) atoms. The number of benzene rings is 2. The molecule has 0 atom stereocenters. The maximum absolute atomic E-state index is 12.1. The molecular weight excluding hydrogens is 358 g/mol. The van der Waals surface area contributed by atoms with Crippen molar-refractivity contribution in [1.82, 2.24) is 0 Å². The number of rotatable bonds is 4. The number of carbonyl (C=O) groups excluding carboxylic acids is 1. The summed E-state index contributed by atoms with van der Waals surface area (Å²) in [5.74, 6) is -0.520. The summed E-state index contributed by atoms with van der Waals surface area (Å²) in [7, 11) is 0. The van der Waals surface area contributed by atoms with Gasteiger partial charge in [0, 0.05) is 28.1 Å². The summed E-state index contributed by atoms with van der Waals surface area (Å²) in [4.78, 5) is 12.1. The Morgan fingerprint density at radius 2 is 2.04 bits per heavy atom. The number of amides is 1. The van der Waals surface area contributed by atoms with Crippen LogP contribution in [0.1, 0.15) is 5.56 Å². The molecule has 116 valence electrons. The molecule has 0 aliphatic heterocycles. The number of carbonyl (C=O) groups is 1. The van der Waals surface area contributed by atoms with Crippen LogP contribution in [0.2, 0.25) is 0 Å². The number of halogens is 1. The Labute approximate surface area is 142 Å². The molecule has 0 aromatic heterocycles. The van der Waals surface area contributed by atoms with E-state index >= 15 is 0 Å². The minimum atomic E-state index is -0.556. The molecule has 2 aromatic rings. The molecule has 0 spiro atoms. The van der Waals surface area contributed by atoms with E-state index in [0.717, 1.165) is 15.7 Å². The van der Waals surface area contributed by atoms with Crippen LogP contribution in [0.3, 0.4) is 0 Å². The number of phenolic OH excluding ortho intramolecular Hbond substituents is 1. The Morgan fingerprint density at radius 1 is 1.26 bits per heavy atom. The van der Waals surface area contributed by atoms with Crippen molar-refractivity contribution in [3.8, 4) is 11.8 Å². The lowest BCUT2D eigenvalue weighted by atomic mass is 10.2. The molecule has 0 bridgehead atoms. The van der Waals surface area contributed by atoms with Crippen LogP contribution in [0.15, 0.2) is 58.7 Å². The maximum atomic E-state index is 12.1. The molecular formula is C17H14BrN3O2. The van der Waals surface area contributed by atoms with E-state index in [4.69, 9.17) is 5.26 Å². The summed E-state index contributed by atoms with van der Waals surface area (Å²) >= 11 is 3.41. The molecule has 1 amide bonds. The fourth-order valence-electron chi connectivity index (χ4n) is 1.82. The van der Waals surface area contributed by atoms with Crippen LogP contribution >= 0.6 is 15.9 Å². The number of hydrogen-bond donors (Lipinski definition) is 3. The summed E-state index contributed by atoms with van der Waals surface area (Å²) in [6.45, 7) is 1.94. The van der Waals surface area contributed by atoms with E-state index in [1.165, 1.54) is 18.3 Å². The number of anilines is 2. The molecule has 0 saturated carbocycles. The fraction of sp³-hybridized carbons (Fsp3) is 0.0588. The van der Waals surface area contributed by atoms with Gasteiger partial charge in [0.25, 0.3) is 5.91 Å². The van der Waals surface area contributed by atoms with Gasteiger partial charge in [-0.2, -0.15) is 5.26 Å². The van der Waals surface area contributed by atoms with Crippen molar-refractivity contribution in [1.29, 1.82) is 5.26 Å². The van der Waals surface area contributed by atoms with E-state index in [0.29, 0.717) is 5.69 Å². The zero-order chi connectivity index (χ0) is 16.8. The molecule has 0 radical (unpaired) electrons. The number of nitriles is 1.